The molecule has 1 unspecified atom stereocenters. The van der Waals surface area contributed by atoms with E-state index in [0.29, 0.717) is 12.0 Å². The summed E-state index contributed by atoms with van der Waals surface area (Å²) in [5, 5.41) is 0. The topological polar surface area (TPSA) is 32.8 Å². The van der Waals surface area contributed by atoms with Crippen molar-refractivity contribution in [3.05, 3.63) is 0 Å². The molecule has 2 bridgehead atoms. The van der Waals surface area contributed by atoms with E-state index >= 15 is 0 Å². The molecule has 4 nitrogen and oxygen atoms in total. The third-order valence-corrected chi connectivity index (χ3v) is 3.26. The zero-order valence-electron chi connectivity index (χ0n) is 8.19. The van der Waals surface area contributed by atoms with Crippen LogP contribution in [0.4, 0.5) is 4.79 Å². The fourth-order valence-corrected chi connectivity index (χ4v) is 2.47. The molecule has 0 N–H and O–H groups in total. The van der Waals surface area contributed by atoms with Crippen LogP contribution in [-0.2, 0) is 4.74 Å². The van der Waals surface area contributed by atoms with E-state index < -0.39 is 0 Å². The van der Waals surface area contributed by atoms with Crippen molar-refractivity contribution >= 4 is 6.09 Å². The lowest BCUT2D eigenvalue weighted by atomic mass is 9.99. The molecule has 3 atom stereocenters. The Morgan fingerprint density at radius 3 is 2.77 bits per heavy atom. The Morgan fingerprint density at radius 2 is 2.31 bits per heavy atom. The Kier molecular flexibility index (Phi) is 2.15. The van der Waals surface area contributed by atoms with Crippen LogP contribution in [0.3, 0.4) is 0 Å². The molecule has 0 aromatic carbocycles. The molecule has 2 heterocycles. The number of likely N-dealkylation sites (N-methyl/N-ethyl adjacent to an activating group) is 1. The molecule has 0 saturated carbocycles. The molecular weight excluding hydrogens is 168 g/mol. The van der Waals surface area contributed by atoms with Gasteiger partial charge < -0.3 is 14.5 Å². The van der Waals surface area contributed by atoms with Gasteiger partial charge in [0.2, 0.25) is 0 Å². The number of piperidine rings is 1. The lowest BCUT2D eigenvalue weighted by molar-refractivity contribution is 0.104. The highest BCUT2D eigenvalue weighted by molar-refractivity contribution is 5.67. The summed E-state index contributed by atoms with van der Waals surface area (Å²) in [7, 11) is 3.27. The molecule has 2 rings (SSSR count). The highest BCUT2D eigenvalue weighted by Gasteiger charge is 2.41. The summed E-state index contributed by atoms with van der Waals surface area (Å²) >= 11 is 0. The average molecular weight is 184 g/mol. The quantitative estimate of drug-likeness (QED) is 0.591. The van der Waals surface area contributed by atoms with E-state index in [1.165, 1.54) is 20.1 Å². The van der Waals surface area contributed by atoms with Crippen molar-refractivity contribution in [2.45, 2.75) is 12.5 Å². The van der Waals surface area contributed by atoms with E-state index in [1.807, 2.05) is 7.05 Å². The van der Waals surface area contributed by atoms with Crippen LogP contribution in [0.5, 0.6) is 0 Å². The van der Waals surface area contributed by atoms with Crippen LogP contribution in [-0.4, -0.2) is 55.7 Å². The summed E-state index contributed by atoms with van der Waals surface area (Å²) < 4.78 is 4.70. The van der Waals surface area contributed by atoms with Crippen LogP contribution < -0.4 is 0 Å². The second-order valence-electron chi connectivity index (χ2n) is 3.96. The largest absolute Gasteiger partial charge is 0.453 e. The minimum absolute atomic E-state index is 0.209. The maximum absolute atomic E-state index is 11.3. The van der Waals surface area contributed by atoms with E-state index in [1.54, 1.807) is 4.90 Å². The summed E-state index contributed by atoms with van der Waals surface area (Å²) in [5.74, 6) is 0.670. The highest BCUT2D eigenvalue weighted by atomic mass is 16.5. The summed E-state index contributed by atoms with van der Waals surface area (Å²) in [6.45, 7) is 3.39. The number of hydrogen-bond acceptors (Lipinski definition) is 3. The van der Waals surface area contributed by atoms with Gasteiger partial charge in [-0.05, 0) is 18.9 Å². The predicted octanol–water partition coefficient (Wildman–Crippen LogP) is 0.389. The Labute approximate surface area is 78.4 Å². The van der Waals surface area contributed by atoms with Gasteiger partial charge in [0, 0.05) is 20.1 Å². The number of nitrogens with zero attached hydrogens (tertiary/aromatic N) is 2. The van der Waals surface area contributed by atoms with E-state index in [2.05, 4.69) is 4.90 Å². The SMILES string of the molecule is COC(=O)N(C)[C@@H]1CN2CC[C@@H]1C2. The fraction of sp³-hybridized carbons (Fsp3) is 0.889. The minimum atomic E-state index is -0.209. The average Bonchev–Trinajstić information content (AvgIpc) is 2.76. The number of hydrogen-bond donors (Lipinski definition) is 0. The maximum atomic E-state index is 11.3. The smallest absolute Gasteiger partial charge is 0.409 e. The molecular formula is C9H16N2O2. The molecule has 0 aliphatic carbocycles. The first-order chi connectivity index (χ1) is 6.22. The molecule has 1 amide bonds. The van der Waals surface area contributed by atoms with Gasteiger partial charge in [-0.25, -0.2) is 4.79 Å². The van der Waals surface area contributed by atoms with Gasteiger partial charge in [-0.1, -0.05) is 0 Å². The van der Waals surface area contributed by atoms with Gasteiger partial charge in [-0.2, -0.15) is 0 Å². The van der Waals surface area contributed by atoms with Crippen LogP contribution in [0.2, 0.25) is 0 Å². The minimum Gasteiger partial charge on any atom is -0.453 e. The molecule has 0 aromatic heterocycles. The lowest BCUT2D eigenvalue weighted by Gasteiger charge is -2.30. The zero-order chi connectivity index (χ0) is 9.42. The highest BCUT2D eigenvalue weighted by Crippen LogP contribution is 2.30. The molecule has 2 fully saturated rings. The van der Waals surface area contributed by atoms with Crippen LogP contribution in [0.25, 0.3) is 0 Å². The van der Waals surface area contributed by atoms with Crippen molar-refractivity contribution in [3.63, 3.8) is 0 Å². The third kappa shape index (κ3) is 1.39. The van der Waals surface area contributed by atoms with Crippen molar-refractivity contribution in [2.75, 3.05) is 33.8 Å². The molecule has 2 aliphatic rings. The molecule has 0 aromatic rings. The second-order valence-corrected chi connectivity index (χ2v) is 3.96. The van der Waals surface area contributed by atoms with Crippen LogP contribution in [0.15, 0.2) is 0 Å². The molecule has 2 saturated heterocycles. The van der Waals surface area contributed by atoms with Gasteiger partial charge in [-0.15, -0.1) is 0 Å². The molecule has 74 valence electrons. The van der Waals surface area contributed by atoms with Crippen molar-refractivity contribution in [2.24, 2.45) is 5.92 Å². The van der Waals surface area contributed by atoms with Gasteiger partial charge in [-0.3, -0.25) is 0 Å². The van der Waals surface area contributed by atoms with Gasteiger partial charge in [0.15, 0.2) is 0 Å². The van der Waals surface area contributed by atoms with E-state index in [0.717, 1.165) is 13.1 Å². The molecule has 0 radical (unpaired) electrons. The van der Waals surface area contributed by atoms with E-state index in [-0.39, 0.29) is 6.09 Å². The Morgan fingerprint density at radius 1 is 1.54 bits per heavy atom. The number of carbonyl (C=O) groups excluding carboxylic acids is 1. The van der Waals surface area contributed by atoms with E-state index in [4.69, 9.17) is 4.74 Å². The predicted molar refractivity (Wildman–Crippen MR) is 48.5 cm³/mol. The second kappa shape index (κ2) is 3.18. The third-order valence-electron chi connectivity index (χ3n) is 3.26. The van der Waals surface area contributed by atoms with Crippen LogP contribution >= 0.6 is 0 Å². The number of methoxy groups -OCH3 is 1. The number of ether oxygens (including phenoxy) is 1. The Bertz CT molecular complexity index is 220. The number of fused-ring (bicyclic) bond motifs is 2. The number of rotatable bonds is 1. The summed E-state index contributed by atoms with van der Waals surface area (Å²) in [4.78, 5) is 15.4. The normalized spacial score (nSPS) is 36.3. The summed E-state index contributed by atoms with van der Waals surface area (Å²) in [6, 6.07) is 0.376. The number of amides is 1. The Hall–Kier alpha value is -0.770. The van der Waals surface area contributed by atoms with Crippen molar-refractivity contribution in [1.82, 2.24) is 9.80 Å². The van der Waals surface area contributed by atoms with Crippen molar-refractivity contribution < 1.29 is 9.53 Å². The first-order valence-corrected chi connectivity index (χ1v) is 4.75. The maximum Gasteiger partial charge on any atom is 0.409 e. The van der Waals surface area contributed by atoms with Gasteiger partial charge in [0.25, 0.3) is 0 Å². The molecule has 0 spiro atoms. The first-order valence-electron chi connectivity index (χ1n) is 4.75. The van der Waals surface area contributed by atoms with Crippen molar-refractivity contribution in [1.29, 1.82) is 0 Å². The van der Waals surface area contributed by atoms with Gasteiger partial charge in [0.1, 0.15) is 0 Å². The number of carbonyl (C=O) groups is 1. The van der Waals surface area contributed by atoms with Crippen LogP contribution in [0.1, 0.15) is 6.42 Å². The standard InChI is InChI=1S/C9H16N2O2/c1-10(9(12)13-2)8-6-11-4-3-7(8)5-11/h7-8H,3-6H2,1-2H3/t7-,8-/m1/s1. The summed E-state index contributed by atoms with van der Waals surface area (Å²) in [5.41, 5.74) is 0. The zero-order valence-corrected chi connectivity index (χ0v) is 8.19. The fourth-order valence-electron chi connectivity index (χ4n) is 2.47. The lowest BCUT2D eigenvalue weighted by Crippen LogP contribution is -2.44. The van der Waals surface area contributed by atoms with E-state index in [9.17, 15) is 4.79 Å². The summed E-state index contributed by atoms with van der Waals surface area (Å²) in [6.07, 6.45) is 1.02. The van der Waals surface area contributed by atoms with Crippen LogP contribution in [0, 0.1) is 5.92 Å². The first kappa shape index (κ1) is 8.81. The molecule has 13 heavy (non-hydrogen) atoms. The van der Waals surface area contributed by atoms with Gasteiger partial charge >= 0.3 is 6.09 Å². The Balaban J connectivity index is 1.98. The monoisotopic (exact) mass is 184 g/mol. The van der Waals surface area contributed by atoms with Crippen molar-refractivity contribution in [3.8, 4) is 0 Å². The molecule has 4 heteroatoms. The molecule has 2 aliphatic heterocycles. The van der Waals surface area contributed by atoms with Gasteiger partial charge in [0.05, 0.1) is 13.2 Å².